The van der Waals surface area contributed by atoms with Crippen molar-refractivity contribution in [3.63, 3.8) is 0 Å². The van der Waals surface area contributed by atoms with Crippen LogP contribution in [0.15, 0.2) is 53.7 Å². The van der Waals surface area contributed by atoms with Crippen LogP contribution < -0.4 is 15.2 Å². The number of thiazole rings is 1. The summed E-state index contributed by atoms with van der Waals surface area (Å²) < 4.78 is 18.2. The van der Waals surface area contributed by atoms with Crippen molar-refractivity contribution < 1.29 is 19.4 Å². The Labute approximate surface area is 272 Å². The highest BCUT2D eigenvalue weighted by Crippen LogP contribution is 2.39. The molecule has 0 spiro atoms. The minimum absolute atomic E-state index is 0.0642. The monoisotopic (exact) mass is 635 g/mol. The van der Waals surface area contributed by atoms with E-state index >= 15 is 0 Å². The highest BCUT2D eigenvalue weighted by Gasteiger charge is 2.24. The van der Waals surface area contributed by atoms with Gasteiger partial charge in [-0.15, -0.1) is 11.3 Å². The standard InChI is InChI=1S/C35H49N5O4S/c1-3-5-11-32(44-30-18-14-27(15-19-30)34(36)38-41)43-29-16-12-26(13-17-29)33-31(45-35(37-33)28-9-7-6-8-10-28)20-21-39(4-2)40-22-24-42-25-23-40/h12-19,28,32,41H,3-11,20-25H2,1-2H3,(H2,36,38). The van der Waals surface area contributed by atoms with Gasteiger partial charge in [-0.3, -0.25) is 0 Å². The number of hydrazine groups is 1. The van der Waals surface area contributed by atoms with Crippen LogP contribution in [0.1, 0.15) is 86.6 Å². The van der Waals surface area contributed by atoms with Gasteiger partial charge < -0.3 is 25.2 Å². The Morgan fingerprint density at radius 1 is 1.04 bits per heavy atom. The Hall–Kier alpha value is -3.18. The number of morpholine rings is 1. The van der Waals surface area contributed by atoms with Gasteiger partial charge in [0, 0.05) is 54.5 Å². The average molecular weight is 636 g/mol. The number of rotatable bonds is 15. The number of likely N-dealkylation sites (N-methyl/N-ethyl adjacent to an activating group) is 1. The summed E-state index contributed by atoms with van der Waals surface area (Å²) in [5.74, 6) is 2.08. The van der Waals surface area contributed by atoms with Crippen LogP contribution in [-0.2, 0) is 11.2 Å². The molecule has 2 aromatic carbocycles. The summed E-state index contributed by atoms with van der Waals surface area (Å²) in [7, 11) is 0. The second kappa shape index (κ2) is 16.9. The lowest BCUT2D eigenvalue weighted by molar-refractivity contribution is -0.0867. The number of oxime groups is 1. The molecular formula is C35H49N5O4S. The first-order valence-electron chi connectivity index (χ1n) is 16.7. The number of ether oxygens (including phenoxy) is 3. The van der Waals surface area contributed by atoms with E-state index in [0.717, 1.165) is 82.1 Å². The van der Waals surface area contributed by atoms with Crippen LogP contribution in [-0.4, -0.2) is 71.7 Å². The van der Waals surface area contributed by atoms with Crippen molar-refractivity contribution in [1.82, 2.24) is 15.0 Å². The molecule has 9 nitrogen and oxygen atoms in total. The molecule has 1 saturated carbocycles. The Balaban J connectivity index is 1.30. The van der Waals surface area contributed by atoms with E-state index in [-0.39, 0.29) is 5.84 Å². The van der Waals surface area contributed by atoms with Gasteiger partial charge in [-0.2, -0.15) is 0 Å². The van der Waals surface area contributed by atoms with Crippen molar-refractivity contribution >= 4 is 17.2 Å². The summed E-state index contributed by atoms with van der Waals surface area (Å²) >= 11 is 1.93. The lowest BCUT2D eigenvalue weighted by atomic mass is 9.90. The van der Waals surface area contributed by atoms with E-state index in [1.165, 1.54) is 42.0 Å². The number of nitrogens with zero attached hydrogens (tertiary/aromatic N) is 4. The first-order chi connectivity index (χ1) is 22.1. The molecule has 1 saturated heterocycles. The largest absolute Gasteiger partial charge is 0.455 e. The van der Waals surface area contributed by atoms with E-state index < -0.39 is 6.29 Å². The molecule has 0 radical (unpaired) electrons. The molecule has 1 aliphatic heterocycles. The Bertz CT molecular complexity index is 1340. The quantitative estimate of drug-likeness (QED) is 0.0603. The van der Waals surface area contributed by atoms with Gasteiger partial charge in [0.2, 0.25) is 6.29 Å². The van der Waals surface area contributed by atoms with E-state index in [1.807, 2.05) is 35.6 Å². The van der Waals surface area contributed by atoms with Gasteiger partial charge >= 0.3 is 0 Å². The van der Waals surface area contributed by atoms with Crippen molar-refractivity contribution in [2.75, 3.05) is 39.4 Å². The Morgan fingerprint density at radius 3 is 2.33 bits per heavy atom. The summed E-state index contributed by atoms with van der Waals surface area (Å²) in [5, 5.41) is 18.2. The first kappa shape index (κ1) is 33.2. The predicted molar refractivity (Wildman–Crippen MR) is 180 cm³/mol. The second-order valence-electron chi connectivity index (χ2n) is 11.9. The van der Waals surface area contributed by atoms with Gasteiger partial charge in [-0.25, -0.2) is 15.0 Å². The van der Waals surface area contributed by atoms with Crippen LogP contribution in [0.4, 0.5) is 0 Å². The maximum Gasteiger partial charge on any atom is 0.241 e. The summed E-state index contributed by atoms with van der Waals surface area (Å²) in [6.45, 7) is 9.89. The van der Waals surface area contributed by atoms with Crippen LogP contribution in [0, 0.1) is 0 Å². The summed E-state index contributed by atoms with van der Waals surface area (Å²) in [6.07, 6.45) is 9.78. The maximum absolute atomic E-state index is 8.94. The fraction of sp³-hybridized carbons (Fsp3) is 0.543. The molecule has 1 unspecified atom stereocenters. The molecule has 1 aliphatic carbocycles. The third-order valence-electron chi connectivity index (χ3n) is 8.73. The zero-order valence-electron chi connectivity index (χ0n) is 26.8. The first-order valence-corrected chi connectivity index (χ1v) is 17.5. The van der Waals surface area contributed by atoms with Crippen molar-refractivity contribution in [1.29, 1.82) is 0 Å². The molecule has 0 amide bonds. The highest BCUT2D eigenvalue weighted by atomic mass is 32.1. The minimum atomic E-state index is -0.432. The van der Waals surface area contributed by atoms with E-state index in [1.54, 1.807) is 12.1 Å². The number of nitrogens with two attached hydrogens (primary N) is 1. The van der Waals surface area contributed by atoms with Crippen molar-refractivity contribution in [2.24, 2.45) is 10.9 Å². The number of hydrogen-bond acceptors (Lipinski definition) is 9. The van der Waals surface area contributed by atoms with E-state index in [0.29, 0.717) is 17.2 Å². The SMILES string of the molecule is CCCCC(Oc1ccc(C(N)=NO)cc1)Oc1ccc(-c2nc(C3CCCCC3)sc2CCN(CC)N2CCOCC2)cc1. The van der Waals surface area contributed by atoms with Gasteiger partial charge in [0.15, 0.2) is 5.84 Å². The number of benzene rings is 2. The number of hydrogen-bond donors (Lipinski definition) is 2. The maximum atomic E-state index is 8.94. The van der Waals surface area contributed by atoms with E-state index in [2.05, 4.69) is 41.2 Å². The zero-order chi connectivity index (χ0) is 31.4. The van der Waals surface area contributed by atoms with Crippen molar-refractivity contribution in [3.05, 3.63) is 64.0 Å². The summed E-state index contributed by atoms with van der Waals surface area (Å²) in [6, 6.07) is 15.5. The Kier molecular flexibility index (Phi) is 12.5. The lowest BCUT2D eigenvalue weighted by Crippen LogP contribution is -2.49. The van der Waals surface area contributed by atoms with Gasteiger partial charge in [0.05, 0.1) is 23.9 Å². The molecule has 2 heterocycles. The second-order valence-corrected chi connectivity index (χ2v) is 13.0. The molecule has 1 aromatic heterocycles. The van der Waals surface area contributed by atoms with Crippen LogP contribution in [0.2, 0.25) is 0 Å². The predicted octanol–water partition coefficient (Wildman–Crippen LogP) is 7.04. The van der Waals surface area contributed by atoms with Crippen LogP contribution in [0.25, 0.3) is 11.3 Å². The molecule has 3 N–H and O–H groups in total. The normalized spacial score (nSPS) is 17.4. The fourth-order valence-corrected chi connectivity index (χ4v) is 7.37. The zero-order valence-corrected chi connectivity index (χ0v) is 27.6. The molecule has 1 atom stereocenters. The molecule has 244 valence electrons. The molecule has 5 rings (SSSR count). The summed E-state index contributed by atoms with van der Waals surface area (Å²) in [4.78, 5) is 6.67. The number of amidine groups is 1. The molecule has 0 bridgehead atoms. The molecule has 2 fully saturated rings. The van der Waals surface area contributed by atoms with Gasteiger partial charge in [0.1, 0.15) is 11.5 Å². The minimum Gasteiger partial charge on any atom is -0.455 e. The van der Waals surface area contributed by atoms with Crippen LogP contribution >= 0.6 is 11.3 Å². The Morgan fingerprint density at radius 2 is 1.71 bits per heavy atom. The average Bonchev–Trinajstić information content (AvgIpc) is 3.53. The number of aromatic nitrogens is 1. The number of unbranched alkanes of at least 4 members (excludes halogenated alkanes) is 1. The molecule has 2 aliphatic rings. The summed E-state index contributed by atoms with van der Waals surface area (Å²) in [5.41, 5.74) is 8.59. The lowest BCUT2D eigenvalue weighted by Gasteiger charge is -2.36. The third kappa shape index (κ3) is 9.19. The molecule has 10 heteroatoms. The smallest absolute Gasteiger partial charge is 0.241 e. The van der Waals surface area contributed by atoms with Crippen LogP contribution in [0.3, 0.4) is 0 Å². The topological polar surface area (TPSA) is 106 Å². The molecular weight excluding hydrogens is 586 g/mol. The van der Waals surface area contributed by atoms with Crippen LogP contribution in [0.5, 0.6) is 11.5 Å². The van der Waals surface area contributed by atoms with Crippen molar-refractivity contribution in [2.45, 2.75) is 83.8 Å². The molecule has 3 aromatic rings. The van der Waals surface area contributed by atoms with Gasteiger partial charge in [-0.1, -0.05) is 44.7 Å². The van der Waals surface area contributed by atoms with Gasteiger partial charge in [-0.05, 0) is 74.2 Å². The molecule has 45 heavy (non-hydrogen) atoms. The van der Waals surface area contributed by atoms with E-state index in [9.17, 15) is 0 Å². The third-order valence-corrected chi connectivity index (χ3v) is 10.0. The van der Waals surface area contributed by atoms with E-state index in [4.69, 9.17) is 30.1 Å². The van der Waals surface area contributed by atoms with Crippen molar-refractivity contribution in [3.8, 4) is 22.8 Å². The highest BCUT2D eigenvalue weighted by molar-refractivity contribution is 7.12. The van der Waals surface area contributed by atoms with Gasteiger partial charge in [0.25, 0.3) is 0 Å². The fourth-order valence-electron chi connectivity index (χ4n) is 6.13.